The number of nitrogens with zero attached hydrogens (tertiary/aromatic N) is 3. The molecule has 2 aromatic rings. The van der Waals surface area contributed by atoms with Crippen LogP contribution in [0.5, 0.6) is 11.5 Å². The number of likely N-dealkylation sites (tertiary alicyclic amines) is 2. The molecule has 3 atom stereocenters. The van der Waals surface area contributed by atoms with Gasteiger partial charge in [-0.15, -0.1) is 0 Å². The van der Waals surface area contributed by atoms with Gasteiger partial charge >= 0.3 is 0 Å². The Labute approximate surface area is 206 Å². The zero-order chi connectivity index (χ0) is 24.2. The average Bonchev–Trinajstić information content (AvgIpc) is 3.68. The predicted molar refractivity (Wildman–Crippen MR) is 131 cm³/mol. The van der Waals surface area contributed by atoms with E-state index in [0.717, 1.165) is 48.7 Å². The summed E-state index contributed by atoms with van der Waals surface area (Å²) < 4.78 is 5.76. The van der Waals surface area contributed by atoms with Crippen molar-refractivity contribution in [2.45, 2.75) is 62.0 Å². The molecule has 4 aliphatic rings. The largest absolute Gasteiger partial charge is 0.504 e. The van der Waals surface area contributed by atoms with E-state index in [1.54, 1.807) is 19.4 Å². The van der Waals surface area contributed by atoms with Crippen LogP contribution in [0.15, 0.2) is 36.5 Å². The number of fused-ring (bicyclic) bond motifs is 1. The van der Waals surface area contributed by atoms with Crippen LogP contribution in [0.25, 0.3) is 0 Å². The van der Waals surface area contributed by atoms with Gasteiger partial charge in [0.05, 0.1) is 19.1 Å². The molecule has 186 valence electrons. The SMILES string of the molecule is COc1c(O)ccc2c1[C@@]13CCN(C(=O)Cc4ccccn4)CC[C@@]1(O)[C@@H](C2)N(CC1CC1)CC3. The van der Waals surface area contributed by atoms with Crippen LogP contribution in [0.1, 0.15) is 48.9 Å². The molecule has 2 N–H and O–H groups in total. The molecule has 2 aliphatic carbocycles. The van der Waals surface area contributed by atoms with E-state index in [1.807, 2.05) is 29.2 Å². The second-order valence-electron chi connectivity index (χ2n) is 10.9. The molecule has 0 unspecified atom stereocenters. The van der Waals surface area contributed by atoms with Crippen LogP contribution >= 0.6 is 0 Å². The van der Waals surface area contributed by atoms with Gasteiger partial charge in [-0.05, 0) is 74.8 Å². The van der Waals surface area contributed by atoms with Crippen LogP contribution in [-0.2, 0) is 23.1 Å². The van der Waals surface area contributed by atoms with E-state index in [9.17, 15) is 15.0 Å². The molecule has 1 aromatic heterocycles. The maximum atomic E-state index is 13.3. The number of benzene rings is 1. The Hall–Kier alpha value is -2.64. The molecule has 0 radical (unpaired) electrons. The quantitative estimate of drug-likeness (QED) is 0.689. The first-order valence-electron chi connectivity index (χ1n) is 13.0. The smallest absolute Gasteiger partial charge is 0.228 e. The lowest BCUT2D eigenvalue weighted by molar-refractivity contribution is -0.150. The highest BCUT2D eigenvalue weighted by Crippen LogP contribution is 2.59. The van der Waals surface area contributed by atoms with Crippen LogP contribution in [0.3, 0.4) is 0 Å². The third kappa shape index (κ3) is 3.62. The first kappa shape index (κ1) is 22.8. The van der Waals surface area contributed by atoms with Gasteiger partial charge in [-0.1, -0.05) is 12.1 Å². The van der Waals surface area contributed by atoms with Crippen LogP contribution in [0.4, 0.5) is 0 Å². The summed E-state index contributed by atoms with van der Waals surface area (Å²) in [5.74, 6) is 1.40. The predicted octanol–water partition coefficient (Wildman–Crippen LogP) is 2.67. The Morgan fingerprint density at radius 3 is 2.69 bits per heavy atom. The van der Waals surface area contributed by atoms with Crippen LogP contribution < -0.4 is 4.74 Å². The zero-order valence-corrected chi connectivity index (χ0v) is 20.4. The lowest BCUT2D eigenvalue weighted by Crippen LogP contribution is -2.71. The monoisotopic (exact) mass is 477 g/mol. The number of amides is 1. The Balaban J connectivity index is 1.38. The van der Waals surface area contributed by atoms with Crippen molar-refractivity contribution in [2.75, 3.05) is 33.3 Å². The minimum atomic E-state index is -0.992. The zero-order valence-electron chi connectivity index (χ0n) is 20.4. The number of methoxy groups -OCH3 is 1. The van der Waals surface area contributed by atoms with Gasteiger partial charge in [0.15, 0.2) is 11.5 Å². The number of aromatic nitrogens is 1. The molecular weight excluding hydrogens is 442 g/mol. The molecule has 7 heteroatoms. The first-order valence-corrected chi connectivity index (χ1v) is 13.0. The van der Waals surface area contributed by atoms with Crippen molar-refractivity contribution in [3.8, 4) is 11.5 Å². The van der Waals surface area contributed by atoms with Crippen molar-refractivity contribution in [1.82, 2.24) is 14.8 Å². The molecule has 2 bridgehead atoms. The molecule has 1 saturated carbocycles. The van der Waals surface area contributed by atoms with Crippen LogP contribution in [-0.4, -0.2) is 75.8 Å². The van der Waals surface area contributed by atoms with Crippen molar-refractivity contribution >= 4 is 5.91 Å². The summed E-state index contributed by atoms with van der Waals surface area (Å²) >= 11 is 0. The number of hydrogen-bond acceptors (Lipinski definition) is 6. The summed E-state index contributed by atoms with van der Waals surface area (Å²) in [5.41, 5.74) is 1.33. The number of aromatic hydroxyl groups is 1. The molecular formula is C28H35N3O4. The van der Waals surface area contributed by atoms with E-state index in [1.165, 1.54) is 12.8 Å². The number of hydrogen-bond donors (Lipinski definition) is 2. The second-order valence-corrected chi connectivity index (χ2v) is 10.9. The van der Waals surface area contributed by atoms with Gasteiger partial charge < -0.3 is 19.8 Å². The van der Waals surface area contributed by atoms with Gasteiger partial charge in [-0.25, -0.2) is 0 Å². The highest BCUT2D eigenvalue weighted by atomic mass is 16.5. The van der Waals surface area contributed by atoms with E-state index in [-0.39, 0.29) is 24.1 Å². The fraction of sp³-hybridized carbons (Fsp3) is 0.571. The first-order chi connectivity index (χ1) is 16.9. The minimum absolute atomic E-state index is 0.00411. The Kier molecular flexibility index (Phi) is 5.53. The number of rotatable bonds is 5. The lowest BCUT2D eigenvalue weighted by atomic mass is 9.52. The lowest BCUT2D eigenvalue weighted by Gasteiger charge is -2.61. The van der Waals surface area contributed by atoms with E-state index < -0.39 is 11.0 Å². The van der Waals surface area contributed by atoms with E-state index in [2.05, 4.69) is 9.88 Å². The van der Waals surface area contributed by atoms with Crippen LogP contribution in [0.2, 0.25) is 0 Å². The number of phenolic OH excluding ortho intramolecular Hbond substituents is 1. The Morgan fingerprint density at radius 2 is 1.94 bits per heavy atom. The summed E-state index contributed by atoms with van der Waals surface area (Å²) in [6.07, 6.45) is 7.24. The van der Waals surface area contributed by atoms with Crippen molar-refractivity contribution in [3.05, 3.63) is 53.3 Å². The Bertz CT molecular complexity index is 1120. The van der Waals surface area contributed by atoms with E-state index in [4.69, 9.17) is 4.74 Å². The second kappa shape index (κ2) is 8.49. The van der Waals surface area contributed by atoms with E-state index >= 15 is 0 Å². The summed E-state index contributed by atoms with van der Waals surface area (Å²) in [5, 5.41) is 23.4. The molecule has 1 aromatic carbocycles. The number of phenols is 1. The molecule has 3 heterocycles. The highest BCUT2D eigenvalue weighted by molar-refractivity contribution is 5.78. The summed E-state index contributed by atoms with van der Waals surface area (Å²) in [6, 6.07) is 9.38. The highest BCUT2D eigenvalue weighted by Gasteiger charge is 2.64. The van der Waals surface area contributed by atoms with Gasteiger partial charge in [-0.3, -0.25) is 14.7 Å². The fourth-order valence-corrected chi connectivity index (χ4v) is 7.17. The van der Waals surface area contributed by atoms with Crippen LogP contribution in [0, 0.1) is 5.92 Å². The van der Waals surface area contributed by atoms with E-state index in [0.29, 0.717) is 31.7 Å². The summed E-state index contributed by atoms with van der Waals surface area (Å²) in [6.45, 7) is 3.05. The summed E-state index contributed by atoms with van der Waals surface area (Å²) in [4.78, 5) is 22.1. The van der Waals surface area contributed by atoms with Crippen molar-refractivity contribution < 1.29 is 19.7 Å². The molecule has 3 fully saturated rings. The number of carbonyl (C=O) groups is 1. The molecule has 35 heavy (non-hydrogen) atoms. The number of piperidine rings is 1. The maximum absolute atomic E-state index is 13.3. The number of aliphatic hydroxyl groups is 1. The molecule has 7 nitrogen and oxygen atoms in total. The topological polar surface area (TPSA) is 86.1 Å². The van der Waals surface area contributed by atoms with Gasteiger partial charge in [-0.2, -0.15) is 0 Å². The number of ether oxygens (including phenoxy) is 1. The molecule has 2 aliphatic heterocycles. The van der Waals surface area contributed by atoms with Crippen molar-refractivity contribution in [1.29, 1.82) is 0 Å². The standard InChI is InChI=1S/C28H35N3O4/c1-35-26-22(32)8-7-20-16-23-28(34)11-15-30(24(33)17-21-4-2-3-12-29-21)13-9-27(28,25(20)26)10-14-31(23)18-19-5-6-19/h2-4,7-8,12,19,23,32,34H,5-6,9-11,13-18H2,1H3/t23-,27+,28-/m1/s1. The molecule has 2 saturated heterocycles. The van der Waals surface area contributed by atoms with Crippen molar-refractivity contribution in [2.24, 2.45) is 5.92 Å². The number of carbonyl (C=O) groups excluding carboxylic acids is 1. The fourth-order valence-electron chi connectivity index (χ4n) is 7.17. The molecule has 0 spiro atoms. The maximum Gasteiger partial charge on any atom is 0.228 e. The van der Waals surface area contributed by atoms with Crippen molar-refractivity contribution in [3.63, 3.8) is 0 Å². The van der Waals surface area contributed by atoms with Gasteiger partial charge in [0.25, 0.3) is 0 Å². The third-order valence-corrected chi connectivity index (χ3v) is 9.14. The number of pyridine rings is 1. The summed E-state index contributed by atoms with van der Waals surface area (Å²) in [7, 11) is 1.60. The van der Waals surface area contributed by atoms with Gasteiger partial charge in [0.1, 0.15) is 0 Å². The minimum Gasteiger partial charge on any atom is -0.504 e. The Morgan fingerprint density at radius 1 is 1.14 bits per heavy atom. The van der Waals surface area contributed by atoms with Gasteiger partial charge in [0, 0.05) is 48.5 Å². The average molecular weight is 478 g/mol. The third-order valence-electron chi connectivity index (χ3n) is 9.14. The van der Waals surface area contributed by atoms with Gasteiger partial charge in [0.2, 0.25) is 5.91 Å². The normalized spacial score (nSPS) is 30.2. The molecule has 1 amide bonds. The molecule has 6 rings (SSSR count).